The number of nitrogens with one attached hydrogen (secondary N) is 1. The summed E-state index contributed by atoms with van der Waals surface area (Å²) in [5.41, 5.74) is 0. The first kappa shape index (κ1) is 35.8. The lowest BCUT2D eigenvalue weighted by molar-refractivity contribution is -0.124. The molecule has 37 heavy (non-hydrogen) atoms. The number of hydrogen-bond donors (Lipinski definition) is 4. The van der Waals surface area contributed by atoms with Crippen LogP contribution in [-0.2, 0) is 4.79 Å². The summed E-state index contributed by atoms with van der Waals surface area (Å²) in [6.07, 6.45) is 29.9. The lowest BCUT2D eigenvalue weighted by Gasteiger charge is -2.26. The number of aliphatic hydroxyl groups is 3. The van der Waals surface area contributed by atoms with Gasteiger partial charge in [-0.15, -0.1) is 0 Å². The largest absolute Gasteiger partial charge is 0.394 e. The van der Waals surface area contributed by atoms with Crippen LogP contribution in [0.15, 0.2) is 24.3 Å². The second-order valence-electron chi connectivity index (χ2n) is 10.6. The Hall–Kier alpha value is -1.17. The van der Waals surface area contributed by atoms with E-state index < -0.39 is 18.2 Å². The van der Waals surface area contributed by atoms with Crippen molar-refractivity contribution in [2.75, 3.05) is 6.61 Å². The van der Waals surface area contributed by atoms with Crippen LogP contribution in [0, 0.1) is 0 Å². The minimum Gasteiger partial charge on any atom is -0.394 e. The number of carbonyl (C=O) groups excluding carboxylic acids is 1. The third kappa shape index (κ3) is 23.7. The van der Waals surface area contributed by atoms with E-state index >= 15 is 0 Å². The van der Waals surface area contributed by atoms with E-state index in [1.54, 1.807) is 0 Å². The molecule has 3 unspecified atom stereocenters. The second-order valence-corrected chi connectivity index (χ2v) is 10.6. The van der Waals surface area contributed by atoms with E-state index in [0.29, 0.717) is 12.8 Å². The van der Waals surface area contributed by atoms with E-state index in [-0.39, 0.29) is 12.5 Å². The number of unbranched alkanes of at least 4 members (excludes halogenated alkanes) is 15. The van der Waals surface area contributed by atoms with Gasteiger partial charge >= 0.3 is 0 Å². The van der Waals surface area contributed by atoms with Crippen LogP contribution in [0.5, 0.6) is 0 Å². The smallest absolute Gasteiger partial charge is 0.220 e. The summed E-state index contributed by atoms with van der Waals surface area (Å²) >= 11 is 0. The zero-order chi connectivity index (χ0) is 27.4. The fourth-order valence-corrected chi connectivity index (χ4v) is 4.59. The Morgan fingerprint density at radius 2 is 1.16 bits per heavy atom. The van der Waals surface area contributed by atoms with Crippen molar-refractivity contribution in [2.24, 2.45) is 0 Å². The third-order valence-electron chi connectivity index (χ3n) is 7.05. The molecule has 0 aliphatic rings. The first-order valence-electron chi connectivity index (χ1n) is 15.6. The van der Waals surface area contributed by atoms with E-state index in [0.717, 1.165) is 51.4 Å². The first-order chi connectivity index (χ1) is 18.1. The minimum atomic E-state index is -1.16. The molecule has 5 heteroatoms. The zero-order valence-corrected chi connectivity index (χ0v) is 24.3. The van der Waals surface area contributed by atoms with Crippen LogP contribution in [0.2, 0.25) is 0 Å². The summed E-state index contributed by atoms with van der Waals surface area (Å²) in [5, 5.41) is 33.0. The Balaban J connectivity index is 3.77. The van der Waals surface area contributed by atoms with E-state index in [2.05, 4.69) is 43.5 Å². The van der Waals surface area contributed by atoms with Gasteiger partial charge in [0.2, 0.25) is 5.91 Å². The monoisotopic (exact) mass is 523 g/mol. The highest BCUT2D eigenvalue weighted by Gasteiger charge is 2.26. The highest BCUT2D eigenvalue weighted by molar-refractivity contribution is 5.76. The van der Waals surface area contributed by atoms with Crippen LogP contribution in [0.3, 0.4) is 0 Å². The number of carbonyl (C=O) groups is 1. The molecule has 0 saturated heterocycles. The lowest BCUT2D eigenvalue weighted by Crippen LogP contribution is -2.50. The van der Waals surface area contributed by atoms with Gasteiger partial charge in [0.05, 0.1) is 18.8 Å². The van der Waals surface area contributed by atoms with E-state index in [9.17, 15) is 20.1 Å². The van der Waals surface area contributed by atoms with Crippen molar-refractivity contribution < 1.29 is 20.1 Å². The molecule has 0 aliphatic carbocycles. The van der Waals surface area contributed by atoms with E-state index in [1.807, 2.05) is 0 Å². The highest BCUT2D eigenvalue weighted by Crippen LogP contribution is 2.14. The van der Waals surface area contributed by atoms with E-state index in [1.165, 1.54) is 70.6 Å². The molecule has 3 atom stereocenters. The highest BCUT2D eigenvalue weighted by atomic mass is 16.3. The summed E-state index contributed by atoms with van der Waals surface area (Å²) < 4.78 is 0. The van der Waals surface area contributed by atoms with Gasteiger partial charge in [0.15, 0.2) is 0 Å². The molecule has 0 aromatic heterocycles. The van der Waals surface area contributed by atoms with Gasteiger partial charge in [0, 0.05) is 6.42 Å². The quantitative estimate of drug-likeness (QED) is 0.0661. The second kappa shape index (κ2) is 27.9. The number of amides is 1. The lowest BCUT2D eigenvalue weighted by atomic mass is 10.0. The molecule has 0 rings (SSSR count). The van der Waals surface area contributed by atoms with E-state index in [4.69, 9.17) is 0 Å². The van der Waals surface area contributed by atoms with Crippen LogP contribution in [0.25, 0.3) is 0 Å². The molecule has 4 N–H and O–H groups in total. The molecule has 5 nitrogen and oxygen atoms in total. The van der Waals surface area contributed by atoms with Crippen molar-refractivity contribution in [2.45, 2.75) is 167 Å². The maximum atomic E-state index is 12.3. The van der Waals surface area contributed by atoms with Gasteiger partial charge in [-0.1, -0.05) is 122 Å². The standard InChI is InChI=1S/C32H61NO4/c1-3-5-7-9-11-13-14-15-16-17-19-21-23-25-27-31(36)33-29(28-34)32(37)30(35)26-24-22-20-18-12-10-8-6-4-2/h6,8,18,20,29-30,32,34-35,37H,3-5,7,9-17,19,21-28H2,1-2H3,(H,33,36)/b8-6+,20-18+. The van der Waals surface area contributed by atoms with Gasteiger partial charge in [-0.05, 0) is 44.9 Å². The van der Waals surface area contributed by atoms with Gasteiger partial charge in [-0.2, -0.15) is 0 Å². The molecular weight excluding hydrogens is 462 g/mol. The summed E-state index contributed by atoms with van der Waals surface area (Å²) in [5.74, 6) is -0.163. The fourth-order valence-electron chi connectivity index (χ4n) is 4.59. The Morgan fingerprint density at radius 3 is 1.68 bits per heavy atom. The van der Waals surface area contributed by atoms with Gasteiger partial charge in [-0.25, -0.2) is 0 Å². The predicted molar refractivity (Wildman–Crippen MR) is 158 cm³/mol. The maximum absolute atomic E-state index is 12.3. The molecule has 1 amide bonds. The Bertz CT molecular complexity index is 549. The SMILES string of the molecule is CC/C=C/CC/C=C/CCCC(O)C(O)C(CO)NC(=O)CCCCCCCCCCCCCCCC. The van der Waals surface area contributed by atoms with Crippen LogP contribution >= 0.6 is 0 Å². The Labute approximate surface area is 229 Å². The number of aliphatic hydroxyl groups excluding tert-OH is 3. The fraction of sp³-hybridized carbons (Fsp3) is 0.844. The van der Waals surface area contributed by atoms with Gasteiger partial charge < -0.3 is 20.6 Å². The third-order valence-corrected chi connectivity index (χ3v) is 7.05. The molecule has 0 fully saturated rings. The zero-order valence-electron chi connectivity index (χ0n) is 24.3. The molecule has 0 saturated carbocycles. The number of hydrogen-bond acceptors (Lipinski definition) is 4. The molecular formula is C32H61NO4. The number of allylic oxidation sites excluding steroid dienone is 4. The molecule has 0 aliphatic heterocycles. The summed E-state index contributed by atoms with van der Waals surface area (Å²) in [4.78, 5) is 12.3. The van der Waals surface area contributed by atoms with Crippen LogP contribution in [0.1, 0.15) is 149 Å². The van der Waals surface area contributed by atoms with Crippen molar-refractivity contribution in [1.29, 1.82) is 0 Å². The molecule has 0 heterocycles. The van der Waals surface area contributed by atoms with Gasteiger partial charge in [-0.3, -0.25) is 4.79 Å². The molecule has 0 bridgehead atoms. The van der Waals surface area contributed by atoms with Crippen molar-refractivity contribution in [3.8, 4) is 0 Å². The van der Waals surface area contributed by atoms with Crippen LogP contribution in [-0.4, -0.2) is 46.1 Å². The average molecular weight is 524 g/mol. The van der Waals surface area contributed by atoms with Crippen LogP contribution in [0.4, 0.5) is 0 Å². The normalized spacial score (nSPS) is 14.4. The summed E-state index contributed by atoms with van der Waals surface area (Å²) in [7, 11) is 0. The Morgan fingerprint density at radius 1 is 0.676 bits per heavy atom. The molecule has 0 radical (unpaired) electrons. The van der Waals surface area contributed by atoms with Gasteiger partial charge in [0.1, 0.15) is 6.10 Å². The topological polar surface area (TPSA) is 89.8 Å². The number of rotatable bonds is 27. The average Bonchev–Trinajstić information content (AvgIpc) is 2.90. The Kier molecular flexibility index (Phi) is 27.0. The molecule has 0 spiro atoms. The maximum Gasteiger partial charge on any atom is 0.220 e. The molecule has 218 valence electrons. The summed E-state index contributed by atoms with van der Waals surface area (Å²) in [6, 6.07) is -0.824. The van der Waals surface area contributed by atoms with Gasteiger partial charge in [0.25, 0.3) is 0 Å². The van der Waals surface area contributed by atoms with Crippen molar-refractivity contribution >= 4 is 5.91 Å². The van der Waals surface area contributed by atoms with Crippen molar-refractivity contribution in [3.63, 3.8) is 0 Å². The predicted octanol–water partition coefficient (Wildman–Crippen LogP) is 7.53. The van der Waals surface area contributed by atoms with Crippen LogP contribution < -0.4 is 5.32 Å². The molecule has 0 aromatic carbocycles. The molecule has 0 aromatic rings. The minimum absolute atomic E-state index is 0.163. The van der Waals surface area contributed by atoms with Crippen molar-refractivity contribution in [3.05, 3.63) is 24.3 Å². The van der Waals surface area contributed by atoms with Crippen molar-refractivity contribution in [1.82, 2.24) is 5.32 Å². The summed E-state index contributed by atoms with van der Waals surface area (Å²) in [6.45, 7) is 4.00. The first-order valence-corrected chi connectivity index (χ1v) is 15.6.